The fraction of sp³-hybridized carbons (Fsp3) is 0.294. The number of aryl methyl sites for hydroxylation is 2. The van der Waals surface area contributed by atoms with Crippen molar-refractivity contribution in [2.24, 2.45) is 5.73 Å². The highest BCUT2D eigenvalue weighted by Gasteiger charge is 2.30. The highest BCUT2D eigenvalue weighted by molar-refractivity contribution is 5.29. The summed E-state index contributed by atoms with van der Waals surface area (Å²) < 4.78 is 38.1. The van der Waals surface area contributed by atoms with Gasteiger partial charge in [-0.05, 0) is 48.6 Å². The average Bonchev–Trinajstić information content (AvgIpc) is 2.45. The van der Waals surface area contributed by atoms with Crippen LogP contribution in [0.2, 0.25) is 0 Å². The lowest BCUT2D eigenvalue weighted by Gasteiger charge is -2.15. The Morgan fingerprint density at radius 2 is 1.76 bits per heavy atom. The van der Waals surface area contributed by atoms with E-state index >= 15 is 0 Å². The minimum atomic E-state index is -4.33. The number of halogens is 3. The van der Waals surface area contributed by atoms with Gasteiger partial charge in [0.2, 0.25) is 0 Å². The van der Waals surface area contributed by atoms with Crippen LogP contribution in [0.1, 0.15) is 34.7 Å². The Balaban J connectivity index is 2.07. The van der Waals surface area contributed by atoms with E-state index < -0.39 is 17.8 Å². The molecule has 4 heteroatoms. The summed E-state index contributed by atoms with van der Waals surface area (Å²) in [6, 6.07) is 12.8. The molecule has 0 radical (unpaired) electrons. The van der Waals surface area contributed by atoms with Gasteiger partial charge in [0.1, 0.15) is 0 Å². The molecule has 0 saturated heterocycles. The first-order valence-electron chi connectivity index (χ1n) is 6.85. The zero-order valence-electron chi connectivity index (χ0n) is 11.8. The lowest BCUT2D eigenvalue weighted by atomic mass is 9.96. The molecule has 0 aliphatic carbocycles. The molecular weight excluding hydrogens is 275 g/mol. The van der Waals surface area contributed by atoms with Gasteiger partial charge >= 0.3 is 6.18 Å². The summed E-state index contributed by atoms with van der Waals surface area (Å²) in [6.45, 7) is 2.02. The van der Waals surface area contributed by atoms with Gasteiger partial charge in [-0.15, -0.1) is 0 Å². The van der Waals surface area contributed by atoms with Crippen LogP contribution in [0.3, 0.4) is 0 Å². The predicted octanol–water partition coefficient (Wildman–Crippen LogP) is 4.65. The smallest absolute Gasteiger partial charge is 0.324 e. The fourth-order valence-corrected chi connectivity index (χ4v) is 2.31. The van der Waals surface area contributed by atoms with E-state index in [2.05, 4.69) is 0 Å². The van der Waals surface area contributed by atoms with Gasteiger partial charge in [-0.25, -0.2) is 0 Å². The Kier molecular flexibility index (Phi) is 4.68. The number of rotatable bonds is 4. The lowest BCUT2D eigenvalue weighted by molar-refractivity contribution is -0.137. The zero-order valence-corrected chi connectivity index (χ0v) is 11.8. The summed E-state index contributed by atoms with van der Waals surface area (Å²) in [5, 5.41) is 0. The molecule has 0 saturated carbocycles. The second kappa shape index (κ2) is 6.31. The van der Waals surface area contributed by atoms with Gasteiger partial charge in [0, 0.05) is 6.04 Å². The van der Waals surface area contributed by atoms with Crippen molar-refractivity contribution in [2.45, 2.75) is 32.0 Å². The topological polar surface area (TPSA) is 26.0 Å². The van der Waals surface area contributed by atoms with E-state index in [1.165, 1.54) is 17.2 Å². The van der Waals surface area contributed by atoms with Crippen LogP contribution in [0.4, 0.5) is 13.2 Å². The first-order chi connectivity index (χ1) is 9.88. The molecule has 21 heavy (non-hydrogen) atoms. The molecule has 0 aliphatic heterocycles. The lowest BCUT2D eigenvalue weighted by Crippen LogP contribution is -2.13. The molecule has 0 aromatic heterocycles. The van der Waals surface area contributed by atoms with E-state index in [-0.39, 0.29) is 0 Å². The van der Waals surface area contributed by atoms with Crippen LogP contribution in [-0.2, 0) is 12.6 Å². The molecule has 2 N–H and O–H groups in total. The summed E-state index contributed by atoms with van der Waals surface area (Å²) in [5.74, 6) is 0. The van der Waals surface area contributed by atoms with Crippen LogP contribution < -0.4 is 5.73 Å². The van der Waals surface area contributed by atoms with E-state index in [4.69, 9.17) is 5.73 Å². The molecule has 0 heterocycles. The van der Waals surface area contributed by atoms with Crippen molar-refractivity contribution in [1.29, 1.82) is 0 Å². The van der Waals surface area contributed by atoms with Crippen LogP contribution >= 0.6 is 0 Å². The fourth-order valence-electron chi connectivity index (χ4n) is 2.31. The molecule has 0 amide bonds. The molecule has 2 aromatic rings. The Morgan fingerprint density at radius 1 is 1.05 bits per heavy atom. The third-order valence-electron chi connectivity index (χ3n) is 3.63. The third-order valence-corrected chi connectivity index (χ3v) is 3.63. The summed E-state index contributed by atoms with van der Waals surface area (Å²) >= 11 is 0. The van der Waals surface area contributed by atoms with E-state index in [9.17, 15) is 13.2 Å². The number of benzene rings is 2. The van der Waals surface area contributed by atoms with Crippen molar-refractivity contribution in [1.82, 2.24) is 0 Å². The number of hydrogen-bond acceptors (Lipinski definition) is 1. The summed E-state index contributed by atoms with van der Waals surface area (Å²) in [6.07, 6.45) is -2.96. The molecule has 0 aliphatic rings. The summed E-state index contributed by atoms with van der Waals surface area (Å²) in [4.78, 5) is 0. The average molecular weight is 293 g/mol. The van der Waals surface area contributed by atoms with Gasteiger partial charge in [0.15, 0.2) is 0 Å². The van der Waals surface area contributed by atoms with Crippen molar-refractivity contribution in [3.05, 3.63) is 70.8 Å². The minimum Gasteiger partial charge on any atom is -0.324 e. The summed E-state index contributed by atoms with van der Waals surface area (Å²) in [7, 11) is 0. The molecule has 1 nitrogen and oxygen atoms in total. The first-order valence-corrected chi connectivity index (χ1v) is 6.85. The van der Waals surface area contributed by atoms with Crippen LogP contribution in [0.5, 0.6) is 0 Å². The Labute approximate surface area is 122 Å². The highest BCUT2D eigenvalue weighted by Crippen LogP contribution is 2.31. The van der Waals surface area contributed by atoms with Gasteiger partial charge in [-0.3, -0.25) is 0 Å². The molecule has 1 unspecified atom stereocenters. The molecule has 112 valence electrons. The molecule has 0 spiro atoms. The van der Waals surface area contributed by atoms with Gasteiger partial charge in [-0.1, -0.05) is 36.4 Å². The van der Waals surface area contributed by atoms with Crippen LogP contribution in [0.15, 0.2) is 48.5 Å². The number of alkyl halides is 3. The van der Waals surface area contributed by atoms with Crippen molar-refractivity contribution >= 4 is 0 Å². The molecule has 0 fully saturated rings. The molecule has 2 aromatic carbocycles. The molecule has 1 atom stereocenters. The van der Waals surface area contributed by atoms with Crippen molar-refractivity contribution in [3.63, 3.8) is 0 Å². The number of hydrogen-bond donors (Lipinski definition) is 1. The maximum Gasteiger partial charge on any atom is 0.416 e. The molecular formula is C17H18F3N. The second-order valence-corrected chi connectivity index (χ2v) is 5.19. The van der Waals surface area contributed by atoms with Gasteiger partial charge in [0.05, 0.1) is 5.56 Å². The zero-order chi connectivity index (χ0) is 15.5. The minimum absolute atomic E-state index is 0.396. The maximum atomic E-state index is 12.7. The van der Waals surface area contributed by atoms with E-state index in [1.54, 1.807) is 6.07 Å². The molecule has 2 rings (SSSR count). The molecule has 0 bridgehead atoms. The first kappa shape index (κ1) is 15.6. The Bertz CT molecular complexity index is 605. The standard InChI is InChI=1S/C17H18F3N/c1-12-5-2-3-6-13(12)9-10-16(21)14-7-4-8-15(11-14)17(18,19)20/h2-8,11,16H,9-10,21H2,1H3. The maximum absolute atomic E-state index is 12.7. The van der Waals surface area contributed by atoms with Gasteiger partial charge < -0.3 is 5.73 Å². The predicted molar refractivity (Wildman–Crippen MR) is 77.9 cm³/mol. The van der Waals surface area contributed by atoms with E-state index in [0.29, 0.717) is 12.0 Å². The van der Waals surface area contributed by atoms with Crippen LogP contribution in [0.25, 0.3) is 0 Å². The normalized spacial score (nSPS) is 13.2. The van der Waals surface area contributed by atoms with E-state index in [0.717, 1.165) is 18.6 Å². The SMILES string of the molecule is Cc1ccccc1CCC(N)c1cccc(C(F)(F)F)c1. The van der Waals surface area contributed by atoms with Crippen molar-refractivity contribution in [3.8, 4) is 0 Å². The van der Waals surface area contributed by atoms with Crippen LogP contribution in [-0.4, -0.2) is 0 Å². The largest absolute Gasteiger partial charge is 0.416 e. The highest BCUT2D eigenvalue weighted by atomic mass is 19.4. The quantitative estimate of drug-likeness (QED) is 0.872. The van der Waals surface area contributed by atoms with Crippen molar-refractivity contribution < 1.29 is 13.2 Å². The van der Waals surface area contributed by atoms with Crippen LogP contribution in [0, 0.1) is 6.92 Å². The van der Waals surface area contributed by atoms with E-state index in [1.807, 2.05) is 31.2 Å². The second-order valence-electron chi connectivity index (χ2n) is 5.19. The summed E-state index contributed by atoms with van der Waals surface area (Å²) in [5.41, 5.74) is 8.27. The van der Waals surface area contributed by atoms with Gasteiger partial charge in [-0.2, -0.15) is 13.2 Å². The number of nitrogens with two attached hydrogens (primary N) is 1. The Hall–Kier alpha value is -1.81. The third kappa shape index (κ3) is 4.08. The van der Waals surface area contributed by atoms with Crippen molar-refractivity contribution in [2.75, 3.05) is 0 Å². The monoisotopic (exact) mass is 293 g/mol. The Morgan fingerprint density at radius 3 is 2.43 bits per heavy atom. The van der Waals surface area contributed by atoms with Gasteiger partial charge in [0.25, 0.3) is 0 Å².